The number of rotatable bonds is 3. The summed E-state index contributed by atoms with van der Waals surface area (Å²) >= 11 is 10.6. The molecule has 0 aliphatic rings. The number of nitriles is 1. The number of carbonyl (C=O) groups excluding carboxylic acids is 1. The predicted octanol–water partition coefficient (Wildman–Crippen LogP) is 4.65. The van der Waals surface area contributed by atoms with Crippen molar-refractivity contribution in [3.8, 4) is 6.07 Å². The zero-order valence-corrected chi connectivity index (χ0v) is 12.2. The third kappa shape index (κ3) is 2.64. The molecule has 1 atom stereocenters. The predicted molar refractivity (Wildman–Crippen MR) is 76.2 cm³/mol. The summed E-state index contributed by atoms with van der Waals surface area (Å²) in [6, 6.07) is 10.6. The zero-order valence-electron chi connectivity index (χ0n) is 9.06. The molecule has 0 saturated heterocycles. The van der Waals surface area contributed by atoms with Crippen molar-refractivity contribution >= 4 is 44.7 Å². The van der Waals surface area contributed by atoms with Crippen LogP contribution in [0.2, 0.25) is 5.02 Å². The smallest absolute Gasteiger partial charge is 0.185 e. The van der Waals surface area contributed by atoms with Crippen LogP contribution < -0.4 is 0 Å². The van der Waals surface area contributed by atoms with Crippen molar-refractivity contribution in [2.45, 2.75) is 5.92 Å². The van der Waals surface area contributed by atoms with Crippen LogP contribution in [0.15, 0.2) is 40.2 Å². The van der Waals surface area contributed by atoms with Gasteiger partial charge in [-0.05, 0) is 39.5 Å². The lowest BCUT2D eigenvalue weighted by atomic mass is 9.97. The quantitative estimate of drug-likeness (QED) is 0.763. The lowest BCUT2D eigenvalue weighted by Gasteiger charge is -2.07. The van der Waals surface area contributed by atoms with Crippen LogP contribution in [0.25, 0.3) is 0 Å². The second-order valence-electron chi connectivity index (χ2n) is 3.57. The van der Waals surface area contributed by atoms with Crippen LogP contribution in [0.1, 0.15) is 21.2 Å². The maximum atomic E-state index is 12.2. The van der Waals surface area contributed by atoms with Crippen LogP contribution in [-0.4, -0.2) is 5.78 Å². The molecule has 0 fully saturated rings. The standard InChI is InChI=1S/C13H7BrClNOS/c14-10-4-3-8(6-11(10)15)13(17)9(7-16)12-2-1-5-18-12/h1-6,9H. The highest BCUT2D eigenvalue weighted by molar-refractivity contribution is 9.10. The Labute approximate surface area is 122 Å². The van der Waals surface area contributed by atoms with Crippen LogP contribution in [0.4, 0.5) is 0 Å². The monoisotopic (exact) mass is 339 g/mol. The second kappa shape index (κ2) is 5.66. The molecule has 0 saturated carbocycles. The van der Waals surface area contributed by atoms with Gasteiger partial charge in [0.15, 0.2) is 5.78 Å². The van der Waals surface area contributed by atoms with Gasteiger partial charge in [-0.15, -0.1) is 11.3 Å². The van der Waals surface area contributed by atoms with E-state index in [0.717, 1.165) is 9.35 Å². The zero-order chi connectivity index (χ0) is 13.1. The van der Waals surface area contributed by atoms with Crippen molar-refractivity contribution in [1.29, 1.82) is 5.26 Å². The van der Waals surface area contributed by atoms with Gasteiger partial charge in [0.25, 0.3) is 0 Å². The van der Waals surface area contributed by atoms with Crippen LogP contribution >= 0.6 is 38.9 Å². The normalized spacial score (nSPS) is 11.8. The number of Topliss-reactive ketones (excluding diaryl/α,β-unsaturated/α-hetero) is 1. The number of carbonyl (C=O) groups is 1. The Hall–Kier alpha value is -1.15. The lowest BCUT2D eigenvalue weighted by Crippen LogP contribution is -2.09. The molecular formula is C13H7BrClNOS. The van der Waals surface area contributed by atoms with Crippen LogP contribution in [0.5, 0.6) is 0 Å². The molecule has 0 amide bonds. The molecule has 5 heteroatoms. The van der Waals surface area contributed by atoms with Gasteiger partial charge in [-0.2, -0.15) is 5.26 Å². The second-order valence-corrected chi connectivity index (χ2v) is 5.81. The maximum absolute atomic E-state index is 12.2. The van der Waals surface area contributed by atoms with E-state index in [2.05, 4.69) is 15.9 Å². The van der Waals surface area contributed by atoms with Crippen molar-refractivity contribution in [2.75, 3.05) is 0 Å². The van der Waals surface area contributed by atoms with Gasteiger partial charge in [-0.1, -0.05) is 23.7 Å². The van der Waals surface area contributed by atoms with Gasteiger partial charge in [0.1, 0.15) is 5.92 Å². The molecule has 0 spiro atoms. The summed E-state index contributed by atoms with van der Waals surface area (Å²) in [5.41, 5.74) is 0.447. The first-order chi connectivity index (χ1) is 8.63. The van der Waals surface area contributed by atoms with E-state index in [-0.39, 0.29) is 5.78 Å². The van der Waals surface area contributed by atoms with Crippen LogP contribution in [0, 0.1) is 11.3 Å². The maximum Gasteiger partial charge on any atom is 0.185 e. The highest BCUT2D eigenvalue weighted by atomic mass is 79.9. The van der Waals surface area contributed by atoms with E-state index in [9.17, 15) is 4.79 Å². The Kier molecular flexibility index (Phi) is 4.18. The first-order valence-corrected chi connectivity index (χ1v) is 7.11. The molecule has 0 bridgehead atoms. The topological polar surface area (TPSA) is 40.9 Å². The minimum Gasteiger partial charge on any atom is -0.292 e. The van der Waals surface area contributed by atoms with Crippen molar-refractivity contribution in [3.05, 3.63) is 55.6 Å². The highest BCUT2D eigenvalue weighted by Gasteiger charge is 2.23. The van der Waals surface area contributed by atoms with Gasteiger partial charge < -0.3 is 0 Å². The van der Waals surface area contributed by atoms with Gasteiger partial charge in [0.05, 0.1) is 11.1 Å². The fraction of sp³-hybridized carbons (Fsp3) is 0.0769. The Morgan fingerprint density at radius 3 is 2.78 bits per heavy atom. The summed E-state index contributed by atoms with van der Waals surface area (Å²) in [6.45, 7) is 0. The van der Waals surface area contributed by atoms with Crippen molar-refractivity contribution in [1.82, 2.24) is 0 Å². The largest absolute Gasteiger partial charge is 0.292 e. The van der Waals surface area contributed by atoms with E-state index in [1.54, 1.807) is 24.3 Å². The van der Waals surface area contributed by atoms with Gasteiger partial charge in [-0.3, -0.25) is 4.79 Å². The Bertz CT molecular complexity index is 618. The molecule has 1 aromatic carbocycles. The molecule has 90 valence electrons. The van der Waals surface area contributed by atoms with Crippen molar-refractivity contribution in [3.63, 3.8) is 0 Å². The third-order valence-corrected chi connectivity index (χ3v) is 4.59. The molecule has 0 aliphatic heterocycles. The molecule has 2 rings (SSSR count). The van der Waals surface area contributed by atoms with Gasteiger partial charge >= 0.3 is 0 Å². The molecule has 0 N–H and O–H groups in total. The first kappa shape index (κ1) is 13.3. The van der Waals surface area contributed by atoms with Gasteiger partial charge in [-0.25, -0.2) is 0 Å². The Balaban J connectivity index is 2.36. The summed E-state index contributed by atoms with van der Waals surface area (Å²) in [4.78, 5) is 13.0. The molecule has 2 nitrogen and oxygen atoms in total. The van der Waals surface area contributed by atoms with Gasteiger partial charge in [0, 0.05) is 14.9 Å². The number of nitrogens with zero attached hydrogens (tertiary/aromatic N) is 1. The highest BCUT2D eigenvalue weighted by Crippen LogP contribution is 2.28. The summed E-state index contributed by atoms with van der Waals surface area (Å²) in [5.74, 6) is -0.989. The van der Waals surface area contributed by atoms with E-state index in [4.69, 9.17) is 16.9 Å². The van der Waals surface area contributed by atoms with Gasteiger partial charge in [0.2, 0.25) is 0 Å². The lowest BCUT2D eigenvalue weighted by molar-refractivity contribution is 0.0980. The van der Waals surface area contributed by atoms with E-state index in [0.29, 0.717) is 10.6 Å². The minimum atomic E-state index is -0.762. The summed E-state index contributed by atoms with van der Waals surface area (Å²) in [5, 5.41) is 11.5. The van der Waals surface area contributed by atoms with Crippen LogP contribution in [-0.2, 0) is 0 Å². The van der Waals surface area contributed by atoms with E-state index in [1.807, 2.05) is 17.5 Å². The minimum absolute atomic E-state index is 0.227. The van der Waals surface area contributed by atoms with Crippen molar-refractivity contribution in [2.24, 2.45) is 0 Å². The van der Waals surface area contributed by atoms with E-state index < -0.39 is 5.92 Å². The average molecular weight is 341 g/mol. The number of hydrogen-bond acceptors (Lipinski definition) is 3. The van der Waals surface area contributed by atoms with Crippen molar-refractivity contribution < 1.29 is 4.79 Å². The number of halogens is 2. The van der Waals surface area contributed by atoms with Crippen LogP contribution in [0.3, 0.4) is 0 Å². The number of benzene rings is 1. The number of hydrogen-bond donors (Lipinski definition) is 0. The third-order valence-electron chi connectivity index (χ3n) is 2.42. The first-order valence-electron chi connectivity index (χ1n) is 5.05. The molecule has 0 radical (unpaired) electrons. The molecule has 1 aromatic heterocycles. The molecule has 2 aromatic rings. The Morgan fingerprint density at radius 1 is 1.44 bits per heavy atom. The molecular weight excluding hydrogens is 334 g/mol. The molecule has 0 aliphatic carbocycles. The van der Waals surface area contributed by atoms with E-state index in [1.165, 1.54) is 11.3 Å². The molecule has 1 unspecified atom stereocenters. The van der Waals surface area contributed by atoms with E-state index >= 15 is 0 Å². The fourth-order valence-electron chi connectivity index (χ4n) is 1.52. The number of thiophene rings is 1. The summed E-state index contributed by atoms with van der Waals surface area (Å²) in [7, 11) is 0. The average Bonchev–Trinajstić information content (AvgIpc) is 2.87. The molecule has 1 heterocycles. The summed E-state index contributed by atoms with van der Waals surface area (Å²) < 4.78 is 0.727. The SMILES string of the molecule is N#CC(C(=O)c1ccc(Br)c(Cl)c1)c1cccs1. The fourth-order valence-corrected chi connectivity index (χ4v) is 2.72. The Morgan fingerprint density at radius 2 is 2.22 bits per heavy atom. The number of ketones is 1. The molecule has 18 heavy (non-hydrogen) atoms. The summed E-state index contributed by atoms with van der Waals surface area (Å²) in [6.07, 6.45) is 0.